The van der Waals surface area contributed by atoms with Gasteiger partial charge in [0.25, 0.3) is 5.91 Å². The number of hydrazone groups is 1. The summed E-state index contributed by atoms with van der Waals surface area (Å²) < 4.78 is 2.83. The Labute approximate surface area is 189 Å². The molecule has 30 heavy (non-hydrogen) atoms. The highest BCUT2D eigenvalue weighted by molar-refractivity contribution is 9.11. The number of rotatable bonds is 5. The molecule has 0 aliphatic carbocycles. The number of hydrogen-bond acceptors (Lipinski definition) is 4. The number of amides is 1. The number of aryl methyl sites for hydroxylation is 1. The number of phenolic OH excluding ortho intramolecular Hbond substituents is 1. The number of benzene rings is 2. The number of phenols is 1. The Morgan fingerprint density at radius 1 is 1.10 bits per heavy atom. The number of para-hydroxylation sites is 1. The molecule has 1 heterocycles. The minimum absolute atomic E-state index is 0.0641. The Morgan fingerprint density at radius 3 is 2.50 bits per heavy atom. The van der Waals surface area contributed by atoms with Crippen LogP contribution < -0.4 is 5.43 Å². The second kappa shape index (κ2) is 8.85. The standard InChI is InChI=1S/C21H17Br2N3O4/c1-11-7-13(12(2)26(11)18-6-4-3-5-15(18)21(29)30)10-24-25-20(28)16-8-14(22)9-17(23)19(16)27/h3-10,27H,1-2H3,(H,25,28)(H,29,30)/b24-10-. The van der Waals surface area contributed by atoms with Gasteiger partial charge in [-0.05, 0) is 60.1 Å². The smallest absolute Gasteiger partial charge is 0.337 e. The Hall–Kier alpha value is -2.91. The van der Waals surface area contributed by atoms with Crippen molar-refractivity contribution in [3.8, 4) is 11.4 Å². The molecule has 0 fully saturated rings. The van der Waals surface area contributed by atoms with Crippen LogP contribution in [0.4, 0.5) is 0 Å². The van der Waals surface area contributed by atoms with E-state index >= 15 is 0 Å². The maximum absolute atomic E-state index is 12.4. The van der Waals surface area contributed by atoms with Gasteiger partial charge in [-0.1, -0.05) is 28.1 Å². The summed E-state index contributed by atoms with van der Waals surface area (Å²) in [6.07, 6.45) is 1.48. The Morgan fingerprint density at radius 2 is 1.80 bits per heavy atom. The summed E-state index contributed by atoms with van der Waals surface area (Å²) in [5.74, 6) is -1.77. The predicted octanol–water partition coefficient (Wildman–Crippen LogP) is 4.79. The summed E-state index contributed by atoms with van der Waals surface area (Å²) in [5.41, 5.74) is 5.50. The average Bonchev–Trinajstić information content (AvgIpc) is 2.97. The molecule has 154 valence electrons. The zero-order chi connectivity index (χ0) is 22.0. The number of nitrogens with zero attached hydrogens (tertiary/aromatic N) is 2. The molecular weight excluding hydrogens is 518 g/mol. The minimum atomic E-state index is -1.01. The number of nitrogens with one attached hydrogen (secondary N) is 1. The van der Waals surface area contributed by atoms with Crippen LogP contribution in [0, 0.1) is 13.8 Å². The number of halogens is 2. The van der Waals surface area contributed by atoms with Crippen molar-refractivity contribution in [1.82, 2.24) is 9.99 Å². The van der Waals surface area contributed by atoms with Crippen molar-refractivity contribution in [2.45, 2.75) is 13.8 Å². The summed E-state index contributed by atoms with van der Waals surface area (Å²) >= 11 is 6.46. The lowest BCUT2D eigenvalue weighted by Gasteiger charge is -2.12. The molecule has 0 atom stereocenters. The van der Waals surface area contributed by atoms with Crippen LogP contribution in [0.3, 0.4) is 0 Å². The van der Waals surface area contributed by atoms with Crippen molar-refractivity contribution in [2.24, 2.45) is 5.10 Å². The van der Waals surface area contributed by atoms with Crippen molar-refractivity contribution >= 4 is 50.0 Å². The van der Waals surface area contributed by atoms with E-state index in [9.17, 15) is 19.8 Å². The largest absolute Gasteiger partial charge is 0.506 e. The summed E-state index contributed by atoms with van der Waals surface area (Å²) in [7, 11) is 0. The molecule has 3 N–H and O–H groups in total. The number of carboxylic acids is 1. The molecule has 9 heteroatoms. The predicted molar refractivity (Wildman–Crippen MR) is 121 cm³/mol. The molecular formula is C21H17Br2N3O4. The van der Waals surface area contributed by atoms with Gasteiger partial charge < -0.3 is 14.8 Å². The molecule has 0 aliphatic heterocycles. The normalized spacial score (nSPS) is 11.1. The average molecular weight is 535 g/mol. The highest BCUT2D eigenvalue weighted by Crippen LogP contribution is 2.31. The minimum Gasteiger partial charge on any atom is -0.506 e. The number of aromatic hydroxyl groups is 1. The Kier molecular flexibility index (Phi) is 6.42. The van der Waals surface area contributed by atoms with E-state index in [-0.39, 0.29) is 16.9 Å². The highest BCUT2D eigenvalue weighted by atomic mass is 79.9. The fraction of sp³-hybridized carbons (Fsp3) is 0.0952. The van der Waals surface area contributed by atoms with E-state index in [2.05, 4.69) is 42.4 Å². The van der Waals surface area contributed by atoms with Crippen LogP contribution in [0.15, 0.2) is 56.5 Å². The fourth-order valence-electron chi connectivity index (χ4n) is 3.10. The lowest BCUT2D eigenvalue weighted by Crippen LogP contribution is -2.18. The molecule has 3 aromatic rings. The van der Waals surface area contributed by atoms with Crippen LogP contribution >= 0.6 is 31.9 Å². The maximum atomic E-state index is 12.4. The van der Waals surface area contributed by atoms with Crippen molar-refractivity contribution in [1.29, 1.82) is 0 Å². The van der Waals surface area contributed by atoms with Gasteiger partial charge in [0.15, 0.2) is 0 Å². The summed E-state index contributed by atoms with van der Waals surface area (Å²) in [6.45, 7) is 3.70. The summed E-state index contributed by atoms with van der Waals surface area (Å²) in [5, 5.41) is 23.5. The van der Waals surface area contributed by atoms with E-state index in [0.29, 0.717) is 20.2 Å². The van der Waals surface area contributed by atoms with Crippen LogP contribution in [0.25, 0.3) is 5.69 Å². The van der Waals surface area contributed by atoms with Crippen molar-refractivity contribution in [3.63, 3.8) is 0 Å². The first-order valence-electron chi connectivity index (χ1n) is 8.73. The van der Waals surface area contributed by atoms with Gasteiger partial charge in [0.2, 0.25) is 0 Å². The number of carbonyl (C=O) groups excluding carboxylic acids is 1. The maximum Gasteiger partial charge on any atom is 0.337 e. The Bertz CT molecular complexity index is 1190. The first-order valence-corrected chi connectivity index (χ1v) is 10.3. The van der Waals surface area contributed by atoms with Crippen LogP contribution in [-0.4, -0.2) is 32.9 Å². The van der Waals surface area contributed by atoms with E-state index in [1.165, 1.54) is 12.3 Å². The molecule has 3 rings (SSSR count). The molecule has 0 unspecified atom stereocenters. The highest BCUT2D eigenvalue weighted by Gasteiger charge is 2.17. The first kappa shape index (κ1) is 21.8. The second-order valence-corrected chi connectivity index (χ2v) is 8.24. The van der Waals surface area contributed by atoms with Crippen molar-refractivity contribution < 1.29 is 19.8 Å². The number of aromatic nitrogens is 1. The molecule has 2 aromatic carbocycles. The molecule has 0 saturated heterocycles. The third-order valence-corrected chi connectivity index (χ3v) is 5.55. The van der Waals surface area contributed by atoms with Gasteiger partial charge in [-0.2, -0.15) is 5.10 Å². The third kappa shape index (κ3) is 4.31. The van der Waals surface area contributed by atoms with Gasteiger partial charge in [0.1, 0.15) is 5.75 Å². The van der Waals surface area contributed by atoms with E-state index in [4.69, 9.17) is 0 Å². The topological polar surface area (TPSA) is 104 Å². The number of carbonyl (C=O) groups is 2. The zero-order valence-corrected chi connectivity index (χ0v) is 19.2. The molecule has 0 saturated carbocycles. The van der Waals surface area contributed by atoms with Gasteiger partial charge in [0.05, 0.1) is 27.5 Å². The number of aromatic carboxylic acids is 1. The molecule has 0 aliphatic rings. The van der Waals surface area contributed by atoms with Crippen molar-refractivity contribution in [3.05, 3.63) is 79.5 Å². The number of hydrogen-bond donors (Lipinski definition) is 3. The number of carboxylic acid groups (broad SMARTS) is 1. The van der Waals surface area contributed by atoms with Gasteiger partial charge in [-0.25, -0.2) is 10.2 Å². The van der Waals surface area contributed by atoms with Crippen LogP contribution in [0.1, 0.15) is 37.7 Å². The van der Waals surface area contributed by atoms with Gasteiger partial charge in [0, 0.05) is 21.4 Å². The fourth-order valence-corrected chi connectivity index (χ4v) is 4.32. The summed E-state index contributed by atoms with van der Waals surface area (Å²) in [6, 6.07) is 11.7. The molecule has 1 aromatic heterocycles. The second-order valence-electron chi connectivity index (χ2n) is 6.47. The van der Waals surface area contributed by atoms with E-state index < -0.39 is 11.9 Å². The zero-order valence-electron chi connectivity index (χ0n) is 16.0. The van der Waals surface area contributed by atoms with E-state index in [1.54, 1.807) is 30.3 Å². The molecule has 0 spiro atoms. The lowest BCUT2D eigenvalue weighted by atomic mass is 10.1. The van der Waals surface area contributed by atoms with Crippen LogP contribution in [0.2, 0.25) is 0 Å². The lowest BCUT2D eigenvalue weighted by molar-refractivity contribution is 0.0696. The van der Waals surface area contributed by atoms with Crippen LogP contribution in [-0.2, 0) is 0 Å². The Balaban J connectivity index is 1.88. The van der Waals surface area contributed by atoms with Crippen LogP contribution in [0.5, 0.6) is 5.75 Å². The molecule has 7 nitrogen and oxygen atoms in total. The quantitative estimate of drug-likeness (QED) is 0.323. The van der Waals surface area contributed by atoms with Gasteiger partial charge >= 0.3 is 5.97 Å². The molecule has 0 radical (unpaired) electrons. The van der Waals surface area contributed by atoms with Crippen molar-refractivity contribution in [2.75, 3.05) is 0 Å². The third-order valence-electron chi connectivity index (χ3n) is 4.49. The van der Waals surface area contributed by atoms with E-state index in [0.717, 1.165) is 11.4 Å². The summed E-state index contributed by atoms with van der Waals surface area (Å²) in [4.78, 5) is 23.9. The van der Waals surface area contributed by atoms with E-state index in [1.807, 2.05) is 24.5 Å². The van der Waals surface area contributed by atoms with Gasteiger partial charge in [-0.15, -0.1) is 0 Å². The SMILES string of the molecule is Cc1cc(/C=N\NC(=O)c2cc(Br)cc(Br)c2O)c(C)n1-c1ccccc1C(=O)O. The van der Waals surface area contributed by atoms with Gasteiger partial charge in [-0.3, -0.25) is 4.79 Å². The first-order chi connectivity index (χ1) is 14.2. The molecule has 0 bridgehead atoms. The molecule has 1 amide bonds. The monoisotopic (exact) mass is 533 g/mol.